The molecule has 2 heterocycles. The third-order valence-electron chi connectivity index (χ3n) is 6.59. The molecule has 2 aromatic carbocycles. The summed E-state index contributed by atoms with van der Waals surface area (Å²) in [7, 11) is 3.23. The minimum Gasteiger partial charge on any atom is -0.497 e. The molecule has 0 radical (unpaired) electrons. The van der Waals surface area contributed by atoms with Crippen LogP contribution >= 0.6 is 0 Å². The maximum absolute atomic E-state index is 12.5. The van der Waals surface area contributed by atoms with Crippen LogP contribution < -0.4 is 25.0 Å². The zero-order valence-corrected chi connectivity index (χ0v) is 20.1. The topological polar surface area (TPSA) is 116 Å². The van der Waals surface area contributed by atoms with Crippen molar-refractivity contribution < 1.29 is 29.2 Å². The molecule has 0 aliphatic carbocycles. The number of nitrogens with zero attached hydrogens (tertiary/aromatic N) is 2. The Balaban J connectivity index is 1.36. The Morgan fingerprint density at radius 1 is 1.06 bits per heavy atom. The second-order valence-corrected chi connectivity index (χ2v) is 8.64. The van der Waals surface area contributed by atoms with Crippen molar-refractivity contribution in [2.75, 3.05) is 63.8 Å². The molecule has 4 N–H and O–H groups in total. The van der Waals surface area contributed by atoms with E-state index in [2.05, 4.69) is 20.4 Å². The van der Waals surface area contributed by atoms with Crippen molar-refractivity contribution in [2.24, 2.45) is 0 Å². The molecule has 2 aromatic rings. The van der Waals surface area contributed by atoms with Crippen molar-refractivity contribution >= 4 is 17.4 Å². The van der Waals surface area contributed by atoms with Gasteiger partial charge in [-0.1, -0.05) is 18.2 Å². The minimum absolute atomic E-state index is 0.195. The number of piperazine rings is 1. The first-order valence-electron chi connectivity index (χ1n) is 11.8. The average molecular weight is 487 g/mol. The van der Waals surface area contributed by atoms with Gasteiger partial charge in [0.05, 0.1) is 38.7 Å². The van der Waals surface area contributed by atoms with Gasteiger partial charge in [0.1, 0.15) is 23.7 Å². The van der Waals surface area contributed by atoms with E-state index in [1.165, 1.54) is 0 Å². The van der Waals surface area contributed by atoms with Gasteiger partial charge in [-0.05, 0) is 24.3 Å². The second-order valence-electron chi connectivity index (χ2n) is 8.64. The van der Waals surface area contributed by atoms with E-state index >= 15 is 0 Å². The molecule has 2 aliphatic heterocycles. The first-order valence-corrected chi connectivity index (χ1v) is 11.8. The average Bonchev–Trinajstić information content (AvgIpc) is 3.22. The third-order valence-corrected chi connectivity index (χ3v) is 6.59. The molecule has 0 aromatic heterocycles. The van der Waals surface area contributed by atoms with Crippen LogP contribution in [0.15, 0.2) is 48.5 Å². The van der Waals surface area contributed by atoms with Crippen molar-refractivity contribution in [2.45, 2.75) is 24.4 Å². The van der Waals surface area contributed by atoms with Crippen LogP contribution in [-0.2, 0) is 4.74 Å². The minimum atomic E-state index is -0.856. The van der Waals surface area contributed by atoms with Gasteiger partial charge in [-0.15, -0.1) is 0 Å². The molecular formula is C25H34N4O6. The summed E-state index contributed by atoms with van der Waals surface area (Å²) in [4.78, 5) is 16.9. The molecule has 10 heteroatoms. The number of urea groups is 1. The Morgan fingerprint density at radius 3 is 2.54 bits per heavy atom. The van der Waals surface area contributed by atoms with E-state index in [0.29, 0.717) is 24.5 Å². The largest absolute Gasteiger partial charge is 0.497 e. The number of para-hydroxylation sites is 2. The summed E-state index contributed by atoms with van der Waals surface area (Å²) >= 11 is 0. The van der Waals surface area contributed by atoms with Gasteiger partial charge in [0.2, 0.25) is 0 Å². The zero-order valence-electron chi connectivity index (χ0n) is 20.1. The molecule has 4 atom stereocenters. The Bertz CT molecular complexity index is 984. The molecule has 0 saturated carbocycles. The highest BCUT2D eigenvalue weighted by Gasteiger charge is 2.46. The number of nitrogens with one attached hydrogen (secondary N) is 2. The highest BCUT2D eigenvalue weighted by Crippen LogP contribution is 2.31. The summed E-state index contributed by atoms with van der Waals surface area (Å²) in [6, 6.07) is 14.3. The van der Waals surface area contributed by atoms with Gasteiger partial charge in [-0.25, -0.2) is 4.79 Å². The lowest BCUT2D eigenvalue weighted by molar-refractivity contribution is -0.0205. The van der Waals surface area contributed by atoms with Crippen LogP contribution in [0.2, 0.25) is 0 Å². The van der Waals surface area contributed by atoms with Crippen molar-refractivity contribution in [3.8, 4) is 11.5 Å². The monoisotopic (exact) mass is 486 g/mol. The van der Waals surface area contributed by atoms with Crippen LogP contribution in [0.3, 0.4) is 0 Å². The number of methoxy groups -OCH3 is 2. The number of benzene rings is 2. The highest BCUT2D eigenvalue weighted by atomic mass is 16.5. The van der Waals surface area contributed by atoms with Crippen molar-refractivity contribution in [3.63, 3.8) is 0 Å². The van der Waals surface area contributed by atoms with E-state index in [0.717, 1.165) is 24.5 Å². The Hall–Kier alpha value is -3.05. The van der Waals surface area contributed by atoms with Gasteiger partial charge in [-0.2, -0.15) is 0 Å². The normalized spacial score (nSPS) is 24.7. The number of aliphatic hydroxyl groups excluding tert-OH is 2. The molecule has 0 unspecified atom stereocenters. The summed E-state index contributed by atoms with van der Waals surface area (Å²) in [6.07, 6.45) is -2.01. The Morgan fingerprint density at radius 2 is 1.83 bits per heavy atom. The molecule has 35 heavy (non-hydrogen) atoms. The van der Waals surface area contributed by atoms with Crippen molar-refractivity contribution in [1.29, 1.82) is 0 Å². The Kier molecular flexibility index (Phi) is 8.29. The van der Waals surface area contributed by atoms with Crippen LogP contribution in [0.1, 0.15) is 0 Å². The smallest absolute Gasteiger partial charge is 0.319 e. The molecule has 2 amide bonds. The van der Waals surface area contributed by atoms with Crippen LogP contribution in [0.5, 0.6) is 11.5 Å². The van der Waals surface area contributed by atoms with E-state index in [4.69, 9.17) is 14.2 Å². The molecule has 0 spiro atoms. The standard InChI is InChI=1S/C25H34N4O6/c1-33-18-7-5-6-17(14-18)27-25(32)26-15-21-23(24(31)22(16-30)35-21)29-12-10-28(11-13-29)19-8-3-4-9-20(19)34-2/h3-9,14,21-24,30-31H,10-13,15-16H2,1-2H3,(H2,26,27,32)/t21-,22+,23+,24-/m1/s1. The molecule has 190 valence electrons. The number of aliphatic hydroxyl groups is 2. The quantitative estimate of drug-likeness (QED) is 0.439. The predicted molar refractivity (Wildman–Crippen MR) is 132 cm³/mol. The molecule has 2 saturated heterocycles. The lowest BCUT2D eigenvalue weighted by atomic mass is 10.0. The fourth-order valence-corrected chi connectivity index (χ4v) is 4.82. The van der Waals surface area contributed by atoms with Gasteiger partial charge in [-0.3, -0.25) is 4.90 Å². The van der Waals surface area contributed by atoms with E-state index in [9.17, 15) is 15.0 Å². The van der Waals surface area contributed by atoms with Gasteiger partial charge in [0, 0.05) is 44.5 Å². The van der Waals surface area contributed by atoms with Crippen LogP contribution in [0, 0.1) is 0 Å². The van der Waals surface area contributed by atoms with Crippen molar-refractivity contribution in [3.05, 3.63) is 48.5 Å². The van der Waals surface area contributed by atoms with E-state index < -0.39 is 18.3 Å². The van der Waals surface area contributed by atoms with Crippen LogP contribution in [0.4, 0.5) is 16.2 Å². The molecular weight excluding hydrogens is 452 g/mol. The fourth-order valence-electron chi connectivity index (χ4n) is 4.82. The number of carbonyl (C=O) groups excluding carboxylic acids is 1. The number of ether oxygens (including phenoxy) is 3. The molecule has 0 bridgehead atoms. The first kappa shape index (κ1) is 25.1. The van der Waals surface area contributed by atoms with Gasteiger partial charge in [0.25, 0.3) is 0 Å². The third kappa shape index (κ3) is 5.79. The zero-order chi connectivity index (χ0) is 24.8. The van der Waals surface area contributed by atoms with Gasteiger partial charge >= 0.3 is 6.03 Å². The SMILES string of the molecule is COc1cccc(NC(=O)NC[C@H]2O[C@@H](CO)[C@@H](O)[C@H]2N2CCN(c3ccccc3OC)CC2)c1. The number of amides is 2. The maximum atomic E-state index is 12.5. The molecule has 4 rings (SSSR count). The van der Waals surface area contributed by atoms with E-state index in [1.807, 2.05) is 24.3 Å². The number of hydrogen-bond donors (Lipinski definition) is 4. The lowest BCUT2D eigenvalue weighted by Gasteiger charge is -2.41. The molecule has 10 nitrogen and oxygen atoms in total. The van der Waals surface area contributed by atoms with E-state index in [1.54, 1.807) is 38.5 Å². The summed E-state index contributed by atoms with van der Waals surface area (Å²) in [5.41, 5.74) is 1.64. The van der Waals surface area contributed by atoms with Crippen LogP contribution in [-0.4, -0.2) is 99.0 Å². The first-order chi connectivity index (χ1) is 17.0. The molecule has 2 aliphatic rings. The molecule has 2 fully saturated rings. The summed E-state index contributed by atoms with van der Waals surface area (Å²) in [5, 5.41) is 26.2. The summed E-state index contributed by atoms with van der Waals surface area (Å²) < 4.78 is 16.6. The van der Waals surface area contributed by atoms with E-state index in [-0.39, 0.29) is 25.2 Å². The predicted octanol–water partition coefficient (Wildman–Crippen LogP) is 1.14. The van der Waals surface area contributed by atoms with Crippen molar-refractivity contribution in [1.82, 2.24) is 10.2 Å². The highest BCUT2D eigenvalue weighted by molar-refractivity contribution is 5.89. The summed E-state index contributed by atoms with van der Waals surface area (Å²) in [6.45, 7) is 2.82. The lowest BCUT2D eigenvalue weighted by Crippen LogP contribution is -2.57. The van der Waals surface area contributed by atoms with Crippen LogP contribution in [0.25, 0.3) is 0 Å². The number of carbonyl (C=O) groups is 1. The number of anilines is 2. The number of rotatable bonds is 8. The second kappa shape index (κ2) is 11.6. The van der Waals surface area contributed by atoms with Gasteiger partial charge in [0.15, 0.2) is 0 Å². The van der Waals surface area contributed by atoms with Gasteiger partial charge < -0.3 is 40.0 Å². The summed E-state index contributed by atoms with van der Waals surface area (Å²) in [5.74, 6) is 1.47. The maximum Gasteiger partial charge on any atom is 0.319 e. The Labute approximate surface area is 205 Å². The number of hydrogen-bond acceptors (Lipinski definition) is 8. The fraction of sp³-hybridized carbons (Fsp3) is 0.480.